The Kier molecular flexibility index (Phi) is 6.88. The standard InChI is InChI=1S/C47H34N2/c1-32-42-19-8-10-21-45(42)49(41-28-27-35-15-6-7-16-38(35)30-41)47(32)31-44-33(2)48(46-22-11-9-20-43(44)46)40-18-12-17-39(29-40)37-25-23-36(24-26-37)34-13-4-3-5-14-34/h3-31H,2H2,1H3/b44-31+. The van der Waals surface area contributed by atoms with Crippen molar-refractivity contribution in [1.82, 2.24) is 9.13 Å². The van der Waals surface area contributed by atoms with Gasteiger partial charge in [-0.1, -0.05) is 140 Å². The van der Waals surface area contributed by atoms with Gasteiger partial charge in [0.2, 0.25) is 0 Å². The highest BCUT2D eigenvalue weighted by atomic mass is 15.0. The van der Waals surface area contributed by atoms with Crippen molar-refractivity contribution in [2.75, 3.05) is 0 Å². The molecule has 0 atom stereocenters. The van der Waals surface area contributed by atoms with Crippen LogP contribution in [0.4, 0.5) is 0 Å². The third-order valence-electron chi connectivity index (χ3n) is 9.89. The van der Waals surface area contributed by atoms with Crippen molar-refractivity contribution < 1.29 is 0 Å². The summed E-state index contributed by atoms with van der Waals surface area (Å²) >= 11 is 0. The molecule has 9 rings (SSSR count). The monoisotopic (exact) mass is 626 g/mol. The second kappa shape index (κ2) is 11.7. The minimum Gasteiger partial charge on any atom is -0.310 e. The van der Waals surface area contributed by atoms with Gasteiger partial charge in [0.25, 0.3) is 0 Å². The SMILES string of the molecule is C=c1/c(=C\c2c(C)c3ccccc3n2-c2ccc3ccccc3c2)c2ccccc2n1-c1cccc(-c2ccc(-c3ccccc3)cc2)c1. The average Bonchev–Trinajstić information content (AvgIpc) is 3.61. The molecule has 0 saturated heterocycles. The second-order valence-corrected chi connectivity index (χ2v) is 12.7. The first-order valence-electron chi connectivity index (χ1n) is 16.8. The van der Waals surface area contributed by atoms with Crippen molar-refractivity contribution in [3.8, 4) is 33.6 Å². The van der Waals surface area contributed by atoms with Gasteiger partial charge in [-0.05, 0) is 88.0 Å². The zero-order valence-electron chi connectivity index (χ0n) is 27.3. The van der Waals surface area contributed by atoms with E-state index in [1.54, 1.807) is 0 Å². The third kappa shape index (κ3) is 4.89. The first-order valence-corrected chi connectivity index (χ1v) is 16.8. The molecule has 9 aromatic rings. The van der Waals surface area contributed by atoms with Crippen molar-refractivity contribution in [2.24, 2.45) is 0 Å². The average molecular weight is 627 g/mol. The van der Waals surface area contributed by atoms with Gasteiger partial charge in [-0.25, -0.2) is 0 Å². The van der Waals surface area contributed by atoms with E-state index in [1.165, 1.54) is 54.9 Å². The number of nitrogens with zero attached hydrogens (tertiary/aromatic N) is 2. The van der Waals surface area contributed by atoms with Crippen LogP contribution < -0.4 is 10.6 Å². The van der Waals surface area contributed by atoms with Crippen LogP contribution >= 0.6 is 0 Å². The number of hydrogen-bond donors (Lipinski definition) is 0. The number of para-hydroxylation sites is 2. The first-order chi connectivity index (χ1) is 24.1. The Balaban J connectivity index is 1.22. The molecule has 0 spiro atoms. The fourth-order valence-electron chi connectivity index (χ4n) is 7.41. The topological polar surface area (TPSA) is 9.86 Å². The van der Waals surface area contributed by atoms with E-state index >= 15 is 0 Å². The lowest BCUT2D eigenvalue weighted by Crippen LogP contribution is -2.27. The quantitative estimate of drug-likeness (QED) is 0.180. The Morgan fingerprint density at radius 2 is 1.02 bits per heavy atom. The highest BCUT2D eigenvalue weighted by Crippen LogP contribution is 2.32. The van der Waals surface area contributed by atoms with Gasteiger partial charge in [0.05, 0.1) is 16.7 Å². The maximum atomic E-state index is 4.73. The zero-order valence-corrected chi connectivity index (χ0v) is 27.3. The van der Waals surface area contributed by atoms with E-state index in [0.29, 0.717) is 0 Å². The number of hydrogen-bond acceptors (Lipinski definition) is 0. The van der Waals surface area contributed by atoms with Gasteiger partial charge in [0, 0.05) is 32.7 Å². The highest BCUT2D eigenvalue weighted by molar-refractivity contribution is 5.93. The minimum absolute atomic E-state index is 0.965. The Morgan fingerprint density at radius 3 is 1.80 bits per heavy atom. The van der Waals surface area contributed by atoms with Crippen molar-refractivity contribution in [1.29, 1.82) is 0 Å². The summed E-state index contributed by atoms with van der Waals surface area (Å²) in [5, 5.41) is 6.99. The van der Waals surface area contributed by atoms with Crippen LogP contribution in [0.2, 0.25) is 0 Å². The van der Waals surface area contributed by atoms with E-state index in [-0.39, 0.29) is 0 Å². The molecule has 0 aliphatic rings. The summed E-state index contributed by atoms with van der Waals surface area (Å²) < 4.78 is 4.71. The van der Waals surface area contributed by atoms with Crippen molar-refractivity contribution in [2.45, 2.75) is 6.92 Å². The Hall–Kier alpha value is -6.38. The Bertz CT molecular complexity index is 2780. The van der Waals surface area contributed by atoms with E-state index < -0.39 is 0 Å². The molecule has 49 heavy (non-hydrogen) atoms. The minimum atomic E-state index is 0.965. The summed E-state index contributed by atoms with van der Waals surface area (Å²) in [6, 6.07) is 60.9. The van der Waals surface area contributed by atoms with Crippen LogP contribution in [0.15, 0.2) is 170 Å². The summed E-state index contributed by atoms with van der Waals surface area (Å²) in [4.78, 5) is 0. The molecule has 0 aliphatic heterocycles. The molecule has 0 N–H and O–H groups in total. The predicted octanol–water partition coefficient (Wildman–Crippen LogP) is 10.6. The molecule has 232 valence electrons. The molecule has 0 aliphatic carbocycles. The van der Waals surface area contributed by atoms with Gasteiger partial charge in [0.1, 0.15) is 0 Å². The van der Waals surface area contributed by atoms with Crippen LogP contribution in [0, 0.1) is 6.92 Å². The Morgan fingerprint density at radius 1 is 0.449 bits per heavy atom. The molecule has 0 fully saturated rings. The number of rotatable bonds is 5. The Labute approximate surface area is 285 Å². The molecule has 2 aromatic heterocycles. The lowest BCUT2D eigenvalue weighted by atomic mass is 10.00. The first kappa shape index (κ1) is 28.8. The van der Waals surface area contributed by atoms with Gasteiger partial charge in [0.15, 0.2) is 0 Å². The van der Waals surface area contributed by atoms with Crippen LogP contribution in [0.3, 0.4) is 0 Å². The smallest absolute Gasteiger partial charge is 0.0540 e. The third-order valence-corrected chi connectivity index (χ3v) is 9.89. The van der Waals surface area contributed by atoms with E-state index in [9.17, 15) is 0 Å². The van der Waals surface area contributed by atoms with Gasteiger partial charge in [-0.3, -0.25) is 0 Å². The van der Waals surface area contributed by atoms with Crippen LogP contribution in [0.25, 0.3) is 78.9 Å². The molecule has 2 heterocycles. The summed E-state index contributed by atoms with van der Waals surface area (Å²) in [5.41, 5.74) is 11.8. The van der Waals surface area contributed by atoms with E-state index in [1.807, 2.05) is 0 Å². The van der Waals surface area contributed by atoms with Gasteiger partial charge in [-0.2, -0.15) is 0 Å². The molecule has 0 bridgehead atoms. The summed E-state index contributed by atoms with van der Waals surface area (Å²) in [5.74, 6) is 0. The molecular weight excluding hydrogens is 593 g/mol. The summed E-state index contributed by atoms with van der Waals surface area (Å²) in [6.45, 7) is 6.96. The lowest BCUT2D eigenvalue weighted by molar-refractivity contribution is 1.07. The van der Waals surface area contributed by atoms with Gasteiger partial charge < -0.3 is 9.13 Å². The molecule has 0 amide bonds. The number of aryl methyl sites for hydroxylation is 1. The zero-order chi connectivity index (χ0) is 32.9. The maximum absolute atomic E-state index is 4.73. The van der Waals surface area contributed by atoms with Gasteiger partial charge >= 0.3 is 0 Å². The van der Waals surface area contributed by atoms with Crippen molar-refractivity contribution in [3.63, 3.8) is 0 Å². The van der Waals surface area contributed by atoms with E-state index in [2.05, 4.69) is 192 Å². The molecular formula is C47H34N2. The number of fused-ring (bicyclic) bond motifs is 3. The van der Waals surface area contributed by atoms with Crippen molar-refractivity contribution >= 4 is 45.2 Å². The summed E-state index contributed by atoms with van der Waals surface area (Å²) in [6.07, 6.45) is 2.35. The molecule has 7 aromatic carbocycles. The van der Waals surface area contributed by atoms with E-state index in [4.69, 9.17) is 6.58 Å². The fraction of sp³-hybridized carbons (Fsp3) is 0.0213. The fourth-order valence-corrected chi connectivity index (χ4v) is 7.41. The van der Waals surface area contributed by atoms with Crippen molar-refractivity contribution in [3.05, 3.63) is 192 Å². The normalized spacial score (nSPS) is 12.0. The number of aromatic nitrogens is 2. The lowest BCUT2D eigenvalue weighted by Gasteiger charge is -2.11. The largest absolute Gasteiger partial charge is 0.310 e. The predicted molar refractivity (Wildman–Crippen MR) is 208 cm³/mol. The molecule has 2 heteroatoms. The summed E-state index contributed by atoms with van der Waals surface area (Å²) in [7, 11) is 0. The van der Waals surface area contributed by atoms with Crippen LogP contribution in [0.1, 0.15) is 11.3 Å². The molecule has 0 radical (unpaired) electrons. The number of benzene rings is 7. The van der Waals surface area contributed by atoms with Crippen LogP contribution in [-0.2, 0) is 0 Å². The molecule has 0 saturated carbocycles. The van der Waals surface area contributed by atoms with Gasteiger partial charge in [-0.15, -0.1) is 0 Å². The maximum Gasteiger partial charge on any atom is 0.0540 e. The highest BCUT2D eigenvalue weighted by Gasteiger charge is 2.16. The van der Waals surface area contributed by atoms with E-state index in [0.717, 1.165) is 33.2 Å². The second-order valence-electron chi connectivity index (χ2n) is 12.7. The van der Waals surface area contributed by atoms with Crippen LogP contribution in [0.5, 0.6) is 0 Å². The van der Waals surface area contributed by atoms with Crippen LogP contribution in [-0.4, -0.2) is 9.13 Å². The molecule has 2 nitrogen and oxygen atoms in total. The molecule has 0 unspecified atom stereocenters.